The fraction of sp³-hybridized carbons (Fsp3) is 0.625. The standard InChI is InChI=1S/C24H29ClN4O5S/c25-18-3-1-2-4-21(18)35(32,33)17-13-19(27-14-17)22(30)29(24(15-26)8-9-24)23(31)20-5-10-28(20)16-6-11-34-12-7-16/h1-4,16-17,19-20,27H,5-14H2/t17-,19+,20?/m1/s1. The molecule has 4 aliphatic rings. The molecule has 9 nitrogen and oxygen atoms in total. The van der Waals surface area contributed by atoms with Gasteiger partial charge in [-0.3, -0.25) is 19.4 Å². The second-order valence-corrected chi connectivity index (χ2v) is 12.4. The van der Waals surface area contributed by atoms with Gasteiger partial charge < -0.3 is 10.1 Å². The number of halogens is 1. The number of imide groups is 1. The van der Waals surface area contributed by atoms with Gasteiger partial charge in [0.1, 0.15) is 5.54 Å². The summed E-state index contributed by atoms with van der Waals surface area (Å²) in [4.78, 5) is 30.7. The van der Waals surface area contributed by atoms with E-state index in [0.717, 1.165) is 24.3 Å². The van der Waals surface area contributed by atoms with E-state index in [4.69, 9.17) is 16.3 Å². The van der Waals surface area contributed by atoms with Crippen LogP contribution >= 0.6 is 11.6 Å². The van der Waals surface area contributed by atoms with E-state index in [1.807, 2.05) is 0 Å². The molecule has 0 spiro atoms. The predicted molar refractivity (Wildman–Crippen MR) is 127 cm³/mol. The Balaban J connectivity index is 1.34. The Morgan fingerprint density at radius 1 is 1.17 bits per heavy atom. The number of ether oxygens (including phenoxy) is 1. The minimum atomic E-state index is -3.78. The van der Waals surface area contributed by atoms with E-state index < -0.39 is 38.6 Å². The van der Waals surface area contributed by atoms with E-state index in [1.54, 1.807) is 12.1 Å². The fourth-order valence-electron chi connectivity index (χ4n) is 5.45. The molecule has 3 heterocycles. The lowest BCUT2D eigenvalue weighted by Crippen LogP contribution is -2.64. The Hall–Kier alpha value is -2.03. The molecule has 0 radical (unpaired) electrons. The molecule has 4 fully saturated rings. The number of sulfone groups is 1. The summed E-state index contributed by atoms with van der Waals surface area (Å²) in [6.07, 6.45) is 3.23. The number of carbonyl (C=O) groups excluding carboxylic acids is 2. The van der Waals surface area contributed by atoms with Crippen LogP contribution < -0.4 is 5.32 Å². The molecule has 0 bridgehead atoms. The van der Waals surface area contributed by atoms with Crippen LogP contribution in [0.1, 0.15) is 38.5 Å². The first kappa shape index (κ1) is 24.7. The highest BCUT2D eigenvalue weighted by Gasteiger charge is 2.58. The van der Waals surface area contributed by atoms with Crippen molar-refractivity contribution in [1.29, 1.82) is 5.26 Å². The quantitative estimate of drug-likeness (QED) is 0.560. The van der Waals surface area contributed by atoms with E-state index in [0.29, 0.717) is 32.5 Å². The summed E-state index contributed by atoms with van der Waals surface area (Å²) in [5.41, 5.74) is -1.13. The summed E-state index contributed by atoms with van der Waals surface area (Å²) in [7, 11) is -3.78. The molecule has 3 saturated heterocycles. The second kappa shape index (κ2) is 9.45. The van der Waals surface area contributed by atoms with Gasteiger partial charge in [0.05, 0.1) is 33.3 Å². The van der Waals surface area contributed by atoms with E-state index in [9.17, 15) is 23.3 Å². The lowest BCUT2D eigenvalue weighted by Gasteiger charge is -2.48. The smallest absolute Gasteiger partial charge is 0.247 e. The molecule has 1 unspecified atom stereocenters. The van der Waals surface area contributed by atoms with Crippen LogP contribution in [-0.2, 0) is 24.2 Å². The largest absolute Gasteiger partial charge is 0.381 e. The SMILES string of the molecule is N#CC1(N(C(=O)C2CCN2C2CCOCC2)C(=O)[C@@H]2C[C@@H](S(=O)(=O)c3ccccc3Cl)CN2)CC1. The molecule has 1 aliphatic carbocycles. The van der Waals surface area contributed by atoms with E-state index >= 15 is 0 Å². The Kier molecular flexibility index (Phi) is 6.66. The van der Waals surface area contributed by atoms with Gasteiger partial charge in [0.15, 0.2) is 9.84 Å². The van der Waals surface area contributed by atoms with Gasteiger partial charge in [-0.05, 0) is 50.7 Å². The van der Waals surface area contributed by atoms with Crippen molar-refractivity contribution in [3.05, 3.63) is 29.3 Å². The number of rotatable bonds is 6. The maximum absolute atomic E-state index is 13.7. The normalized spacial score (nSPS) is 28.6. The van der Waals surface area contributed by atoms with Crippen molar-refractivity contribution in [3.63, 3.8) is 0 Å². The van der Waals surface area contributed by atoms with Crippen molar-refractivity contribution in [2.75, 3.05) is 26.3 Å². The van der Waals surface area contributed by atoms with Crippen molar-refractivity contribution >= 4 is 33.3 Å². The number of carbonyl (C=O) groups is 2. The van der Waals surface area contributed by atoms with Crippen LogP contribution in [0.15, 0.2) is 29.2 Å². The van der Waals surface area contributed by atoms with E-state index in [1.165, 1.54) is 12.1 Å². The fourth-order valence-corrected chi connectivity index (χ4v) is 7.64. The van der Waals surface area contributed by atoms with Crippen LogP contribution in [0, 0.1) is 11.3 Å². The Morgan fingerprint density at radius 3 is 2.49 bits per heavy atom. The van der Waals surface area contributed by atoms with Crippen LogP contribution in [0.3, 0.4) is 0 Å². The van der Waals surface area contributed by atoms with Crippen LogP contribution in [0.5, 0.6) is 0 Å². The van der Waals surface area contributed by atoms with Crippen LogP contribution in [0.2, 0.25) is 5.02 Å². The molecular weight excluding hydrogens is 492 g/mol. The molecule has 1 N–H and O–H groups in total. The zero-order valence-electron chi connectivity index (χ0n) is 19.4. The minimum Gasteiger partial charge on any atom is -0.381 e. The molecule has 3 atom stereocenters. The number of hydrogen-bond acceptors (Lipinski definition) is 8. The van der Waals surface area contributed by atoms with Crippen molar-refractivity contribution in [1.82, 2.24) is 15.1 Å². The highest BCUT2D eigenvalue weighted by Crippen LogP contribution is 2.43. The minimum absolute atomic E-state index is 0.0199. The number of benzene rings is 1. The summed E-state index contributed by atoms with van der Waals surface area (Å²) in [6, 6.07) is 7.38. The zero-order chi connectivity index (χ0) is 24.8. The monoisotopic (exact) mass is 520 g/mol. The third-order valence-corrected chi connectivity index (χ3v) is 10.4. The van der Waals surface area contributed by atoms with E-state index in [2.05, 4.69) is 16.3 Å². The average Bonchev–Trinajstić information content (AvgIpc) is 3.43. The number of nitrogens with zero attached hydrogens (tertiary/aromatic N) is 3. The number of nitrogens with one attached hydrogen (secondary N) is 1. The Bertz CT molecular complexity index is 1160. The molecule has 0 aromatic heterocycles. The van der Waals surface area contributed by atoms with Gasteiger partial charge in [-0.1, -0.05) is 23.7 Å². The molecule has 2 amide bonds. The second-order valence-electron chi connectivity index (χ2n) is 9.84. The van der Waals surface area contributed by atoms with Gasteiger partial charge >= 0.3 is 0 Å². The molecule has 5 rings (SSSR count). The van der Waals surface area contributed by atoms with Crippen molar-refractivity contribution in [2.45, 2.75) is 72.3 Å². The van der Waals surface area contributed by atoms with Gasteiger partial charge in [-0.25, -0.2) is 8.42 Å². The van der Waals surface area contributed by atoms with E-state index in [-0.39, 0.29) is 34.8 Å². The van der Waals surface area contributed by atoms with Crippen LogP contribution in [0.4, 0.5) is 0 Å². The van der Waals surface area contributed by atoms with Gasteiger partial charge in [-0.2, -0.15) is 5.26 Å². The summed E-state index contributed by atoms with van der Waals surface area (Å²) in [6.45, 7) is 2.16. The van der Waals surface area contributed by atoms with Gasteiger partial charge in [0, 0.05) is 32.3 Å². The van der Waals surface area contributed by atoms with Crippen LogP contribution in [0.25, 0.3) is 0 Å². The highest BCUT2D eigenvalue weighted by atomic mass is 35.5. The molecule has 188 valence electrons. The van der Waals surface area contributed by atoms with Crippen molar-refractivity contribution in [2.24, 2.45) is 0 Å². The number of amides is 2. The first-order valence-corrected chi connectivity index (χ1v) is 14.1. The summed E-state index contributed by atoms with van der Waals surface area (Å²) < 4.78 is 31.8. The lowest BCUT2D eigenvalue weighted by molar-refractivity contribution is -0.157. The molecular formula is C24H29ClN4O5S. The third kappa shape index (κ3) is 4.38. The van der Waals surface area contributed by atoms with Gasteiger partial charge in [0.25, 0.3) is 0 Å². The van der Waals surface area contributed by atoms with Crippen LogP contribution in [-0.4, -0.2) is 85.2 Å². The summed E-state index contributed by atoms with van der Waals surface area (Å²) >= 11 is 6.13. The lowest BCUT2D eigenvalue weighted by atomic mass is 9.93. The third-order valence-electron chi connectivity index (χ3n) is 7.78. The predicted octanol–water partition coefficient (Wildman–Crippen LogP) is 1.51. The average molecular weight is 521 g/mol. The molecule has 1 saturated carbocycles. The maximum atomic E-state index is 13.7. The molecule has 35 heavy (non-hydrogen) atoms. The highest BCUT2D eigenvalue weighted by molar-refractivity contribution is 7.92. The molecule has 3 aliphatic heterocycles. The Labute approximate surface area is 210 Å². The first-order chi connectivity index (χ1) is 16.8. The number of likely N-dealkylation sites (tertiary alicyclic amines) is 1. The maximum Gasteiger partial charge on any atom is 0.247 e. The molecule has 11 heteroatoms. The summed E-state index contributed by atoms with van der Waals surface area (Å²) in [5.74, 6) is -0.851. The number of hydrogen-bond donors (Lipinski definition) is 1. The summed E-state index contributed by atoms with van der Waals surface area (Å²) in [5, 5.41) is 12.1. The molecule has 1 aromatic rings. The van der Waals surface area contributed by atoms with Crippen molar-refractivity contribution in [3.8, 4) is 6.07 Å². The Morgan fingerprint density at radius 2 is 1.89 bits per heavy atom. The van der Waals surface area contributed by atoms with Gasteiger partial charge in [-0.15, -0.1) is 0 Å². The molecule has 1 aromatic carbocycles. The van der Waals surface area contributed by atoms with Gasteiger partial charge in [0.2, 0.25) is 11.8 Å². The topological polar surface area (TPSA) is 120 Å². The first-order valence-electron chi connectivity index (χ1n) is 12.1. The number of nitriles is 1. The van der Waals surface area contributed by atoms with Crippen molar-refractivity contribution < 1.29 is 22.7 Å². The zero-order valence-corrected chi connectivity index (χ0v) is 20.9.